The lowest BCUT2D eigenvalue weighted by Crippen LogP contribution is -2.35. The van der Waals surface area contributed by atoms with Crippen molar-refractivity contribution in [1.29, 1.82) is 0 Å². The molecule has 3 rings (SSSR count). The Labute approximate surface area is 168 Å². The number of aromatic nitrogens is 3. The molecule has 11 heteroatoms. The number of methoxy groups -OCH3 is 1. The minimum Gasteiger partial charge on any atom is -0.495 e. The molecule has 0 bridgehead atoms. The zero-order valence-electron chi connectivity index (χ0n) is 15.8. The summed E-state index contributed by atoms with van der Waals surface area (Å²) in [6.07, 6.45) is 4.28. The number of ether oxygens (including phenoxy) is 1. The maximum atomic E-state index is 13.0. The molecular weight excluding hydrogens is 402 g/mol. The first-order valence-electron chi connectivity index (χ1n) is 8.86. The lowest BCUT2D eigenvalue weighted by atomic mass is 10.2. The van der Waals surface area contributed by atoms with E-state index in [2.05, 4.69) is 15.5 Å². The van der Waals surface area contributed by atoms with Gasteiger partial charge in [0, 0.05) is 25.8 Å². The number of amides is 1. The number of hydrogen-bond donors (Lipinski definition) is 1. The average molecular weight is 426 g/mol. The number of carbonyl (C=O) groups excluding carboxylic acids is 1. The lowest BCUT2D eigenvalue weighted by molar-refractivity contribution is -0.113. The number of nitrogens with one attached hydrogen (secondary N) is 1. The van der Waals surface area contributed by atoms with Crippen molar-refractivity contribution in [2.45, 2.75) is 29.3 Å². The van der Waals surface area contributed by atoms with E-state index in [1.54, 1.807) is 30.1 Å². The molecule has 1 N–H and O–H groups in total. The third kappa shape index (κ3) is 4.65. The molecule has 9 nitrogen and oxygen atoms in total. The van der Waals surface area contributed by atoms with E-state index in [1.165, 1.54) is 29.2 Å². The minimum atomic E-state index is -3.69. The Morgan fingerprint density at radius 2 is 2.04 bits per heavy atom. The molecule has 0 unspecified atom stereocenters. The molecule has 1 aromatic heterocycles. The van der Waals surface area contributed by atoms with Gasteiger partial charge in [0.05, 0.1) is 12.9 Å². The number of hydrogen-bond acceptors (Lipinski definition) is 7. The van der Waals surface area contributed by atoms with Gasteiger partial charge in [0.2, 0.25) is 15.9 Å². The van der Waals surface area contributed by atoms with Crippen molar-refractivity contribution in [3.05, 3.63) is 24.5 Å². The Kier molecular flexibility index (Phi) is 6.57. The zero-order valence-corrected chi connectivity index (χ0v) is 17.4. The highest BCUT2D eigenvalue weighted by atomic mass is 32.2. The summed E-state index contributed by atoms with van der Waals surface area (Å²) >= 11 is 1.25. The van der Waals surface area contributed by atoms with Crippen LogP contribution in [0.4, 0.5) is 5.69 Å². The Hall–Kier alpha value is -2.11. The molecule has 152 valence electrons. The Bertz CT molecular complexity index is 939. The molecule has 0 atom stereocenters. The minimum absolute atomic E-state index is 0.0654. The molecule has 1 saturated heterocycles. The number of sulfonamides is 1. The van der Waals surface area contributed by atoms with E-state index in [-0.39, 0.29) is 22.3 Å². The van der Waals surface area contributed by atoms with Gasteiger partial charge in [-0.25, -0.2) is 8.42 Å². The zero-order chi connectivity index (χ0) is 20.1. The molecule has 2 aromatic rings. The molecule has 0 radical (unpaired) electrons. The Morgan fingerprint density at radius 1 is 1.29 bits per heavy atom. The highest BCUT2D eigenvalue weighted by Gasteiger charge is 2.29. The molecule has 28 heavy (non-hydrogen) atoms. The summed E-state index contributed by atoms with van der Waals surface area (Å²) in [6.45, 7) is 0.993. The van der Waals surface area contributed by atoms with Gasteiger partial charge in [-0.15, -0.1) is 10.2 Å². The summed E-state index contributed by atoms with van der Waals surface area (Å²) in [7, 11) is -0.462. The maximum absolute atomic E-state index is 13.0. The lowest BCUT2D eigenvalue weighted by Gasteiger charge is -2.26. The van der Waals surface area contributed by atoms with Crippen molar-refractivity contribution >= 4 is 33.4 Å². The summed E-state index contributed by atoms with van der Waals surface area (Å²) in [5.41, 5.74) is 0.403. The molecule has 1 amide bonds. The van der Waals surface area contributed by atoms with Crippen LogP contribution in [0.15, 0.2) is 34.6 Å². The highest BCUT2D eigenvalue weighted by molar-refractivity contribution is 7.99. The summed E-state index contributed by atoms with van der Waals surface area (Å²) in [6, 6.07) is 4.63. The molecule has 0 saturated carbocycles. The van der Waals surface area contributed by atoms with Crippen molar-refractivity contribution in [2.75, 3.05) is 31.3 Å². The number of aryl methyl sites for hydroxylation is 1. The third-order valence-corrected chi connectivity index (χ3v) is 7.34. The van der Waals surface area contributed by atoms with Crippen LogP contribution in [0, 0.1) is 0 Å². The quantitative estimate of drug-likeness (QED) is 0.673. The normalized spacial score (nSPS) is 15.4. The Balaban J connectivity index is 1.74. The summed E-state index contributed by atoms with van der Waals surface area (Å²) < 4.78 is 34.5. The van der Waals surface area contributed by atoms with Crippen LogP contribution in [0.2, 0.25) is 0 Å². The predicted octanol–water partition coefficient (Wildman–Crippen LogP) is 1.73. The Morgan fingerprint density at radius 3 is 2.68 bits per heavy atom. The van der Waals surface area contributed by atoms with Crippen LogP contribution in [0.3, 0.4) is 0 Å². The van der Waals surface area contributed by atoms with Crippen molar-refractivity contribution in [3.8, 4) is 5.75 Å². The number of benzene rings is 1. The second kappa shape index (κ2) is 8.93. The summed E-state index contributed by atoms with van der Waals surface area (Å²) in [4.78, 5) is 12.3. The molecule has 1 aromatic carbocycles. The standard InChI is InChI=1S/C17H23N5O4S2/c1-21-12-18-20-17(21)27-11-16(23)19-13-6-7-14(26-2)15(10-13)28(24,25)22-8-4-3-5-9-22/h6-7,10,12H,3-5,8-9,11H2,1-2H3,(H,19,23). The topological polar surface area (TPSA) is 106 Å². The molecule has 1 aliphatic heterocycles. The van der Waals surface area contributed by atoms with Gasteiger partial charge in [0.15, 0.2) is 5.16 Å². The molecule has 0 aliphatic carbocycles. The van der Waals surface area contributed by atoms with E-state index in [1.807, 2.05) is 0 Å². The first kappa shape index (κ1) is 20.6. The molecule has 2 heterocycles. The molecular formula is C17H23N5O4S2. The van der Waals surface area contributed by atoms with Crippen LogP contribution >= 0.6 is 11.8 Å². The molecule has 1 fully saturated rings. The van der Waals surface area contributed by atoms with Gasteiger partial charge in [-0.2, -0.15) is 4.31 Å². The van der Waals surface area contributed by atoms with Gasteiger partial charge in [-0.1, -0.05) is 18.2 Å². The van der Waals surface area contributed by atoms with E-state index >= 15 is 0 Å². The SMILES string of the molecule is COc1ccc(NC(=O)CSc2nncn2C)cc1S(=O)(=O)N1CCCCC1. The van der Waals surface area contributed by atoms with E-state index in [0.29, 0.717) is 23.9 Å². The van der Waals surface area contributed by atoms with Gasteiger partial charge in [0.1, 0.15) is 17.0 Å². The number of thioether (sulfide) groups is 1. The van der Waals surface area contributed by atoms with E-state index in [0.717, 1.165) is 19.3 Å². The molecule has 1 aliphatic rings. The van der Waals surface area contributed by atoms with Gasteiger partial charge >= 0.3 is 0 Å². The van der Waals surface area contributed by atoms with Crippen molar-refractivity contribution in [2.24, 2.45) is 7.05 Å². The number of piperidine rings is 1. The van der Waals surface area contributed by atoms with Gasteiger partial charge in [-0.3, -0.25) is 4.79 Å². The van der Waals surface area contributed by atoms with Crippen LogP contribution in [0.25, 0.3) is 0 Å². The van der Waals surface area contributed by atoms with Crippen LogP contribution in [-0.4, -0.2) is 59.3 Å². The average Bonchev–Trinajstić information content (AvgIpc) is 3.12. The van der Waals surface area contributed by atoms with Crippen LogP contribution in [0.5, 0.6) is 5.75 Å². The van der Waals surface area contributed by atoms with E-state index in [4.69, 9.17) is 4.74 Å². The van der Waals surface area contributed by atoms with Gasteiger partial charge < -0.3 is 14.6 Å². The number of rotatable bonds is 7. The van der Waals surface area contributed by atoms with Gasteiger partial charge in [-0.05, 0) is 31.0 Å². The molecule has 0 spiro atoms. The van der Waals surface area contributed by atoms with E-state index in [9.17, 15) is 13.2 Å². The number of carbonyl (C=O) groups is 1. The largest absolute Gasteiger partial charge is 0.495 e. The second-order valence-electron chi connectivity index (χ2n) is 6.39. The van der Waals surface area contributed by atoms with Gasteiger partial charge in [0.25, 0.3) is 0 Å². The van der Waals surface area contributed by atoms with Crippen molar-refractivity contribution < 1.29 is 17.9 Å². The maximum Gasteiger partial charge on any atom is 0.246 e. The fraction of sp³-hybridized carbons (Fsp3) is 0.471. The predicted molar refractivity (Wildman–Crippen MR) is 106 cm³/mol. The van der Waals surface area contributed by atoms with E-state index < -0.39 is 10.0 Å². The van der Waals surface area contributed by atoms with Crippen molar-refractivity contribution in [1.82, 2.24) is 19.1 Å². The number of anilines is 1. The van der Waals surface area contributed by atoms with Crippen LogP contribution < -0.4 is 10.1 Å². The highest BCUT2D eigenvalue weighted by Crippen LogP contribution is 2.31. The smallest absolute Gasteiger partial charge is 0.246 e. The summed E-state index contributed by atoms with van der Waals surface area (Å²) in [5, 5.41) is 11.0. The second-order valence-corrected chi connectivity index (χ2v) is 9.24. The van der Waals surface area contributed by atoms with Crippen LogP contribution in [-0.2, 0) is 21.9 Å². The summed E-state index contributed by atoms with van der Waals surface area (Å²) in [5.74, 6) is 0.128. The fourth-order valence-electron chi connectivity index (χ4n) is 2.93. The first-order valence-corrected chi connectivity index (χ1v) is 11.3. The van der Waals surface area contributed by atoms with Crippen molar-refractivity contribution in [3.63, 3.8) is 0 Å². The first-order chi connectivity index (χ1) is 13.4. The monoisotopic (exact) mass is 425 g/mol. The van der Waals surface area contributed by atoms with Crippen LogP contribution in [0.1, 0.15) is 19.3 Å². The number of nitrogens with zero attached hydrogens (tertiary/aromatic N) is 4. The third-order valence-electron chi connectivity index (χ3n) is 4.38. The fourth-order valence-corrected chi connectivity index (χ4v) is 5.32.